The van der Waals surface area contributed by atoms with E-state index in [1.54, 1.807) is 7.11 Å². The maximum atomic E-state index is 13.4. The zero-order valence-corrected chi connectivity index (χ0v) is 14.6. The lowest BCUT2D eigenvalue weighted by molar-refractivity contribution is -0.153. The van der Waals surface area contributed by atoms with Crippen LogP contribution in [0.3, 0.4) is 0 Å². The molecule has 132 valence electrons. The van der Waals surface area contributed by atoms with Gasteiger partial charge in [0, 0.05) is 42.8 Å². The Balaban J connectivity index is 1.67. The summed E-state index contributed by atoms with van der Waals surface area (Å²) in [6, 6.07) is 8.69. The summed E-state index contributed by atoms with van der Waals surface area (Å²) < 4.78 is 10.8. The van der Waals surface area contributed by atoms with E-state index in [1.807, 2.05) is 0 Å². The average molecular weight is 340 g/mol. The lowest BCUT2D eigenvalue weighted by atomic mass is 9.74. The largest absolute Gasteiger partial charge is 0.462 e. The fourth-order valence-corrected chi connectivity index (χ4v) is 5.63. The first-order chi connectivity index (χ1) is 12.3. The van der Waals surface area contributed by atoms with Crippen molar-refractivity contribution in [3.8, 4) is 0 Å². The number of H-pyrrole nitrogens is 1. The highest BCUT2D eigenvalue weighted by Crippen LogP contribution is 2.56. The van der Waals surface area contributed by atoms with Crippen LogP contribution in [0.5, 0.6) is 0 Å². The van der Waals surface area contributed by atoms with Crippen molar-refractivity contribution >= 4 is 16.9 Å². The van der Waals surface area contributed by atoms with Crippen LogP contribution in [-0.4, -0.2) is 55.3 Å². The Morgan fingerprint density at radius 3 is 3.08 bits per heavy atom. The highest BCUT2D eigenvalue weighted by Gasteiger charge is 2.66. The average Bonchev–Trinajstić information content (AvgIpc) is 3.24. The van der Waals surface area contributed by atoms with E-state index in [0.717, 1.165) is 43.6 Å². The van der Waals surface area contributed by atoms with Gasteiger partial charge in [-0.3, -0.25) is 9.69 Å². The number of hydrogen-bond acceptors (Lipinski definition) is 4. The van der Waals surface area contributed by atoms with E-state index in [1.165, 1.54) is 10.9 Å². The molecule has 3 aliphatic rings. The first-order valence-electron chi connectivity index (χ1n) is 9.27. The maximum absolute atomic E-state index is 13.4. The molecule has 2 aromatic rings. The predicted molar refractivity (Wildman–Crippen MR) is 94.6 cm³/mol. The van der Waals surface area contributed by atoms with Gasteiger partial charge in [-0.25, -0.2) is 0 Å². The molecular weight excluding hydrogens is 316 g/mol. The molecule has 1 saturated heterocycles. The summed E-state index contributed by atoms with van der Waals surface area (Å²) >= 11 is 0. The SMILES string of the molecule is COCCOC(=O)C12c3[nH]c4ccccc4c3CCN3CC1CCC32. The van der Waals surface area contributed by atoms with Crippen LogP contribution < -0.4 is 0 Å². The van der Waals surface area contributed by atoms with Crippen molar-refractivity contribution in [1.29, 1.82) is 0 Å². The van der Waals surface area contributed by atoms with Gasteiger partial charge in [0.25, 0.3) is 0 Å². The number of methoxy groups -OCH3 is 1. The number of esters is 1. The molecule has 0 radical (unpaired) electrons. The third-order valence-electron chi connectivity index (χ3n) is 6.59. The maximum Gasteiger partial charge on any atom is 0.320 e. The van der Waals surface area contributed by atoms with Crippen LogP contribution in [0.15, 0.2) is 24.3 Å². The molecule has 5 heteroatoms. The second-order valence-electron chi connectivity index (χ2n) is 7.56. The summed E-state index contributed by atoms with van der Waals surface area (Å²) in [4.78, 5) is 19.5. The molecule has 2 aliphatic heterocycles. The van der Waals surface area contributed by atoms with Crippen molar-refractivity contribution in [3.63, 3.8) is 0 Å². The fraction of sp³-hybridized carbons (Fsp3) is 0.550. The number of carbonyl (C=O) groups excluding carboxylic acids is 1. The van der Waals surface area contributed by atoms with Gasteiger partial charge in [-0.15, -0.1) is 0 Å². The summed E-state index contributed by atoms with van der Waals surface area (Å²) in [6.45, 7) is 2.81. The molecule has 1 N–H and O–H groups in total. The van der Waals surface area contributed by atoms with Gasteiger partial charge in [-0.2, -0.15) is 0 Å². The minimum absolute atomic E-state index is 0.0609. The van der Waals surface area contributed by atoms with E-state index in [9.17, 15) is 4.79 Å². The molecule has 5 rings (SSSR count). The smallest absolute Gasteiger partial charge is 0.320 e. The Morgan fingerprint density at radius 2 is 2.20 bits per heavy atom. The van der Waals surface area contributed by atoms with Crippen molar-refractivity contribution in [2.45, 2.75) is 30.7 Å². The number of aromatic amines is 1. The van der Waals surface area contributed by atoms with Gasteiger partial charge >= 0.3 is 5.97 Å². The molecule has 2 fully saturated rings. The van der Waals surface area contributed by atoms with Crippen molar-refractivity contribution in [1.82, 2.24) is 9.88 Å². The van der Waals surface area contributed by atoms with E-state index in [2.05, 4.69) is 34.1 Å². The number of carbonyl (C=O) groups is 1. The molecule has 4 atom stereocenters. The third kappa shape index (κ3) is 1.94. The quantitative estimate of drug-likeness (QED) is 0.685. The van der Waals surface area contributed by atoms with Crippen molar-refractivity contribution in [2.75, 3.05) is 33.4 Å². The molecule has 4 bridgehead atoms. The van der Waals surface area contributed by atoms with E-state index in [-0.39, 0.29) is 12.0 Å². The van der Waals surface area contributed by atoms with E-state index in [4.69, 9.17) is 9.47 Å². The van der Waals surface area contributed by atoms with Crippen LogP contribution in [0.1, 0.15) is 24.1 Å². The van der Waals surface area contributed by atoms with Crippen molar-refractivity contribution < 1.29 is 14.3 Å². The second-order valence-corrected chi connectivity index (χ2v) is 7.56. The Bertz CT molecular complexity index is 829. The topological polar surface area (TPSA) is 54.6 Å². The molecule has 1 aliphatic carbocycles. The Kier molecular flexibility index (Phi) is 3.44. The Morgan fingerprint density at radius 1 is 1.32 bits per heavy atom. The monoisotopic (exact) mass is 340 g/mol. The molecule has 1 aromatic heterocycles. The number of benzene rings is 1. The van der Waals surface area contributed by atoms with Gasteiger partial charge < -0.3 is 14.5 Å². The zero-order valence-electron chi connectivity index (χ0n) is 14.6. The van der Waals surface area contributed by atoms with E-state index < -0.39 is 5.41 Å². The Hall–Kier alpha value is -1.85. The summed E-state index contributed by atoms with van der Waals surface area (Å²) in [5.74, 6) is 0.286. The number of nitrogens with one attached hydrogen (secondary N) is 1. The van der Waals surface area contributed by atoms with E-state index in [0.29, 0.717) is 19.1 Å². The molecular formula is C20H24N2O3. The third-order valence-corrected chi connectivity index (χ3v) is 6.59. The summed E-state index contributed by atoms with van der Waals surface area (Å²) in [5, 5.41) is 1.26. The second kappa shape index (κ2) is 5.58. The van der Waals surface area contributed by atoms with Crippen LogP contribution >= 0.6 is 0 Å². The summed E-state index contributed by atoms with van der Waals surface area (Å²) in [7, 11) is 1.63. The Labute approximate surface area is 147 Å². The number of ether oxygens (including phenoxy) is 2. The molecule has 3 heterocycles. The lowest BCUT2D eigenvalue weighted by Gasteiger charge is -2.31. The first kappa shape index (κ1) is 15.4. The lowest BCUT2D eigenvalue weighted by Crippen LogP contribution is -2.47. The fourth-order valence-electron chi connectivity index (χ4n) is 5.63. The van der Waals surface area contributed by atoms with Crippen LogP contribution in [-0.2, 0) is 26.1 Å². The molecule has 0 spiro atoms. The van der Waals surface area contributed by atoms with Crippen LogP contribution in [0.2, 0.25) is 0 Å². The van der Waals surface area contributed by atoms with Crippen LogP contribution in [0.4, 0.5) is 0 Å². The first-order valence-corrected chi connectivity index (χ1v) is 9.27. The molecule has 5 nitrogen and oxygen atoms in total. The standard InChI is InChI=1S/C20H24N2O3/c1-24-10-11-25-19(23)20-13-6-7-17(20)22(12-13)9-8-15-14-4-2-3-5-16(14)21-18(15)20/h2-5,13,17,21H,6-12H2,1H3. The number of hydrogen-bond donors (Lipinski definition) is 1. The van der Waals surface area contributed by atoms with E-state index >= 15 is 0 Å². The molecule has 0 amide bonds. The molecule has 1 aromatic carbocycles. The number of piperidine rings is 1. The van der Waals surface area contributed by atoms with Gasteiger partial charge in [-0.05, 0) is 36.8 Å². The van der Waals surface area contributed by atoms with Crippen LogP contribution in [0, 0.1) is 5.92 Å². The normalized spacial score (nSPS) is 32.6. The number of nitrogens with zero attached hydrogens (tertiary/aromatic N) is 1. The molecule has 4 unspecified atom stereocenters. The summed E-state index contributed by atoms with van der Waals surface area (Å²) in [5.41, 5.74) is 3.05. The minimum atomic E-state index is -0.529. The van der Waals surface area contributed by atoms with Crippen molar-refractivity contribution in [2.24, 2.45) is 5.92 Å². The number of fused-ring (bicyclic) bond motifs is 3. The molecule has 25 heavy (non-hydrogen) atoms. The number of aromatic nitrogens is 1. The highest BCUT2D eigenvalue weighted by atomic mass is 16.6. The zero-order chi connectivity index (χ0) is 17.0. The van der Waals surface area contributed by atoms with Crippen LogP contribution in [0.25, 0.3) is 10.9 Å². The van der Waals surface area contributed by atoms with Gasteiger partial charge in [-0.1, -0.05) is 18.2 Å². The summed E-state index contributed by atoms with van der Waals surface area (Å²) in [6.07, 6.45) is 3.18. The van der Waals surface area contributed by atoms with Gasteiger partial charge in [0.2, 0.25) is 0 Å². The predicted octanol–water partition coefficient (Wildman–Crippen LogP) is 2.25. The van der Waals surface area contributed by atoms with Gasteiger partial charge in [0.15, 0.2) is 0 Å². The minimum Gasteiger partial charge on any atom is -0.462 e. The molecule has 1 saturated carbocycles. The van der Waals surface area contributed by atoms with Gasteiger partial charge in [0.1, 0.15) is 12.0 Å². The number of rotatable bonds is 4. The number of para-hydroxylation sites is 1. The highest BCUT2D eigenvalue weighted by molar-refractivity contribution is 5.92. The van der Waals surface area contributed by atoms with Crippen molar-refractivity contribution in [3.05, 3.63) is 35.5 Å². The van der Waals surface area contributed by atoms with Gasteiger partial charge in [0.05, 0.1) is 6.61 Å².